The number of hydrogen-bond acceptors (Lipinski definition) is 3. The van der Waals surface area contributed by atoms with E-state index in [1.54, 1.807) is 0 Å². The second-order valence-corrected chi connectivity index (χ2v) is 7.23. The molecule has 3 atom stereocenters. The Morgan fingerprint density at radius 2 is 2.10 bits per heavy atom. The molecule has 1 saturated heterocycles. The zero-order chi connectivity index (χ0) is 14.8. The first kappa shape index (κ1) is 18.7. The Labute approximate surface area is 135 Å². The summed E-state index contributed by atoms with van der Waals surface area (Å²) in [5.74, 6) is 0.802. The summed E-state index contributed by atoms with van der Waals surface area (Å²) in [6, 6.07) is 0. The van der Waals surface area contributed by atoms with Gasteiger partial charge in [-0.1, -0.05) is 26.7 Å². The number of rotatable bonds is 4. The van der Waals surface area contributed by atoms with Crippen molar-refractivity contribution < 1.29 is 9.53 Å². The highest BCUT2D eigenvalue weighted by atomic mass is 35.5. The zero-order valence-corrected chi connectivity index (χ0v) is 14.5. The maximum absolute atomic E-state index is 12.7. The molecule has 0 radical (unpaired) electrons. The van der Waals surface area contributed by atoms with Gasteiger partial charge in [0.25, 0.3) is 0 Å². The molecule has 3 unspecified atom stereocenters. The number of amides is 1. The van der Waals surface area contributed by atoms with Gasteiger partial charge >= 0.3 is 0 Å². The van der Waals surface area contributed by atoms with E-state index in [4.69, 9.17) is 10.5 Å². The average Bonchev–Trinajstić information content (AvgIpc) is 2.84. The molecular weight excluding hydrogens is 288 g/mol. The van der Waals surface area contributed by atoms with Gasteiger partial charge in [0.15, 0.2) is 0 Å². The van der Waals surface area contributed by atoms with Crippen LogP contribution >= 0.6 is 12.4 Å². The van der Waals surface area contributed by atoms with E-state index in [0.717, 1.165) is 51.8 Å². The number of carbonyl (C=O) groups is 1. The summed E-state index contributed by atoms with van der Waals surface area (Å²) in [5.41, 5.74) is 6.02. The van der Waals surface area contributed by atoms with E-state index in [0.29, 0.717) is 5.92 Å². The molecule has 1 aliphatic heterocycles. The lowest BCUT2D eigenvalue weighted by molar-refractivity contribution is -0.138. The first-order valence-electron chi connectivity index (χ1n) is 8.09. The van der Waals surface area contributed by atoms with E-state index in [-0.39, 0.29) is 35.9 Å². The Hall–Kier alpha value is -0.320. The van der Waals surface area contributed by atoms with Crippen LogP contribution in [0.15, 0.2) is 0 Å². The van der Waals surface area contributed by atoms with Crippen molar-refractivity contribution in [3.05, 3.63) is 0 Å². The van der Waals surface area contributed by atoms with E-state index in [9.17, 15) is 4.79 Å². The molecule has 1 aliphatic carbocycles. The summed E-state index contributed by atoms with van der Waals surface area (Å²) in [6.07, 6.45) is 5.37. The molecule has 21 heavy (non-hydrogen) atoms. The van der Waals surface area contributed by atoms with Crippen LogP contribution in [0.1, 0.15) is 52.9 Å². The van der Waals surface area contributed by atoms with Gasteiger partial charge in [-0.05, 0) is 32.1 Å². The molecule has 5 heteroatoms. The van der Waals surface area contributed by atoms with E-state index in [1.165, 1.54) is 0 Å². The highest BCUT2D eigenvalue weighted by Crippen LogP contribution is 2.33. The third-order valence-electron chi connectivity index (χ3n) is 4.67. The predicted molar refractivity (Wildman–Crippen MR) is 87.6 cm³/mol. The van der Waals surface area contributed by atoms with Gasteiger partial charge in [-0.15, -0.1) is 12.4 Å². The summed E-state index contributed by atoms with van der Waals surface area (Å²) in [7, 11) is 0. The van der Waals surface area contributed by atoms with Crippen LogP contribution in [0.2, 0.25) is 0 Å². The minimum Gasteiger partial charge on any atom is -0.376 e. The highest BCUT2D eigenvalue weighted by molar-refractivity contribution is 5.85. The topological polar surface area (TPSA) is 55.6 Å². The van der Waals surface area contributed by atoms with Gasteiger partial charge in [0.05, 0.1) is 12.0 Å². The van der Waals surface area contributed by atoms with Crippen LogP contribution in [-0.2, 0) is 9.53 Å². The van der Waals surface area contributed by atoms with Gasteiger partial charge in [-0.25, -0.2) is 0 Å². The third kappa shape index (κ3) is 4.83. The van der Waals surface area contributed by atoms with Crippen LogP contribution in [0.5, 0.6) is 0 Å². The Balaban J connectivity index is 0.00000220. The van der Waals surface area contributed by atoms with Gasteiger partial charge in [0, 0.05) is 25.2 Å². The smallest absolute Gasteiger partial charge is 0.227 e. The van der Waals surface area contributed by atoms with Crippen molar-refractivity contribution in [1.29, 1.82) is 0 Å². The van der Waals surface area contributed by atoms with Crippen LogP contribution in [-0.4, -0.2) is 42.1 Å². The van der Waals surface area contributed by atoms with Gasteiger partial charge in [-0.2, -0.15) is 0 Å². The quantitative estimate of drug-likeness (QED) is 0.867. The summed E-state index contributed by atoms with van der Waals surface area (Å²) in [5, 5.41) is 0. The molecule has 0 aromatic heterocycles. The molecule has 1 amide bonds. The first-order valence-corrected chi connectivity index (χ1v) is 8.09. The highest BCUT2D eigenvalue weighted by Gasteiger charge is 2.41. The fraction of sp³-hybridized carbons (Fsp3) is 0.938. The zero-order valence-electron chi connectivity index (χ0n) is 13.6. The normalized spacial score (nSPS) is 33.1. The maximum Gasteiger partial charge on any atom is 0.227 e. The van der Waals surface area contributed by atoms with E-state index < -0.39 is 0 Å². The number of nitrogens with two attached hydrogens (primary N) is 1. The van der Waals surface area contributed by atoms with Crippen molar-refractivity contribution in [2.45, 2.75) is 64.5 Å². The molecule has 0 aromatic carbocycles. The van der Waals surface area contributed by atoms with Crippen molar-refractivity contribution in [3.8, 4) is 0 Å². The number of ether oxygens (including phenoxy) is 1. The molecule has 124 valence electrons. The van der Waals surface area contributed by atoms with Crippen molar-refractivity contribution in [3.63, 3.8) is 0 Å². The molecule has 0 bridgehead atoms. The second kappa shape index (κ2) is 7.80. The van der Waals surface area contributed by atoms with E-state index >= 15 is 0 Å². The fourth-order valence-electron chi connectivity index (χ4n) is 3.38. The number of carbonyl (C=O) groups excluding carboxylic acids is 1. The van der Waals surface area contributed by atoms with Crippen molar-refractivity contribution >= 4 is 18.3 Å². The summed E-state index contributed by atoms with van der Waals surface area (Å²) >= 11 is 0. The minimum absolute atomic E-state index is 0. The summed E-state index contributed by atoms with van der Waals surface area (Å²) in [4.78, 5) is 14.7. The molecule has 0 spiro atoms. The maximum atomic E-state index is 12.7. The molecule has 4 nitrogen and oxygen atoms in total. The van der Waals surface area contributed by atoms with Gasteiger partial charge in [0.1, 0.15) is 0 Å². The van der Waals surface area contributed by atoms with Crippen LogP contribution in [0.25, 0.3) is 0 Å². The number of halogens is 1. The average molecular weight is 319 g/mol. The van der Waals surface area contributed by atoms with Crippen molar-refractivity contribution in [2.75, 3.05) is 19.7 Å². The predicted octanol–water partition coefficient (Wildman–Crippen LogP) is 2.59. The second-order valence-electron chi connectivity index (χ2n) is 7.23. The standard InChI is InChI=1S/C16H30N2O2.ClH/c1-12(2)11-20-13-7-9-18(10-13)15(19)14-6-4-5-8-16(14,3)17;/h12-14H,4-11,17H2,1-3H3;1H. The lowest BCUT2D eigenvalue weighted by Crippen LogP contribution is -2.53. The molecule has 2 rings (SSSR count). The Bertz CT molecular complexity index is 347. The lowest BCUT2D eigenvalue weighted by Gasteiger charge is -2.39. The molecule has 2 N–H and O–H groups in total. The Morgan fingerprint density at radius 3 is 2.71 bits per heavy atom. The molecule has 2 fully saturated rings. The van der Waals surface area contributed by atoms with Crippen LogP contribution in [0, 0.1) is 11.8 Å². The summed E-state index contributed by atoms with van der Waals surface area (Å²) in [6.45, 7) is 8.70. The van der Waals surface area contributed by atoms with Crippen LogP contribution in [0.3, 0.4) is 0 Å². The van der Waals surface area contributed by atoms with Crippen LogP contribution in [0.4, 0.5) is 0 Å². The van der Waals surface area contributed by atoms with Crippen molar-refractivity contribution in [2.24, 2.45) is 17.6 Å². The monoisotopic (exact) mass is 318 g/mol. The number of hydrogen-bond donors (Lipinski definition) is 1. The molecule has 1 heterocycles. The molecular formula is C16H31ClN2O2. The van der Waals surface area contributed by atoms with Gasteiger partial charge in [0.2, 0.25) is 5.91 Å². The minimum atomic E-state index is -0.327. The SMILES string of the molecule is CC(C)COC1CCN(C(=O)C2CCCCC2(C)N)C1.Cl. The Morgan fingerprint density at radius 1 is 1.38 bits per heavy atom. The first-order chi connectivity index (χ1) is 9.40. The van der Waals surface area contributed by atoms with E-state index in [2.05, 4.69) is 13.8 Å². The molecule has 2 aliphatic rings. The number of likely N-dealkylation sites (tertiary alicyclic amines) is 1. The molecule has 1 saturated carbocycles. The number of nitrogens with zero attached hydrogens (tertiary/aromatic N) is 1. The third-order valence-corrected chi connectivity index (χ3v) is 4.67. The van der Waals surface area contributed by atoms with Crippen molar-refractivity contribution in [1.82, 2.24) is 4.90 Å². The molecule has 0 aromatic rings. The fourth-order valence-corrected chi connectivity index (χ4v) is 3.38. The van der Waals surface area contributed by atoms with E-state index in [1.807, 2.05) is 11.8 Å². The Kier molecular flexibility index (Phi) is 6.95. The lowest BCUT2D eigenvalue weighted by atomic mass is 9.74. The van der Waals surface area contributed by atoms with Crippen LogP contribution < -0.4 is 5.73 Å². The largest absolute Gasteiger partial charge is 0.376 e. The van der Waals surface area contributed by atoms with Gasteiger partial charge in [-0.3, -0.25) is 4.79 Å². The van der Waals surface area contributed by atoms with Gasteiger partial charge < -0.3 is 15.4 Å². The summed E-state index contributed by atoms with van der Waals surface area (Å²) < 4.78 is 5.86.